The van der Waals surface area contributed by atoms with Gasteiger partial charge in [0, 0.05) is 16.8 Å². The van der Waals surface area contributed by atoms with Crippen LogP contribution in [0.15, 0.2) is 59.2 Å². The van der Waals surface area contributed by atoms with Crippen LogP contribution >= 0.6 is 0 Å². The number of hydrogen-bond acceptors (Lipinski definition) is 5. The number of nitrogens with zero attached hydrogens (tertiary/aromatic N) is 1. The van der Waals surface area contributed by atoms with Gasteiger partial charge >= 0.3 is 0 Å². The van der Waals surface area contributed by atoms with Gasteiger partial charge in [0.1, 0.15) is 12.0 Å². The van der Waals surface area contributed by atoms with Crippen molar-refractivity contribution in [2.24, 2.45) is 0 Å². The van der Waals surface area contributed by atoms with Gasteiger partial charge in [0.05, 0.1) is 25.5 Å². The summed E-state index contributed by atoms with van der Waals surface area (Å²) in [5, 5.41) is 12.7. The normalized spacial score (nSPS) is 10.6. The van der Waals surface area contributed by atoms with Crippen molar-refractivity contribution in [3.05, 3.63) is 66.1 Å². The zero-order valence-electron chi connectivity index (χ0n) is 13.5. The van der Waals surface area contributed by atoms with Crippen molar-refractivity contribution in [1.29, 1.82) is 0 Å². The van der Waals surface area contributed by atoms with Crippen LogP contribution in [0.4, 0.5) is 5.69 Å². The molecule has 0 aliphatic carbocycles. The Bertz CT molecular complexity index is 784. The van der Waals surface area contributed by atoms with Crippen LogP contribution in [0.2, 0.25) is 0 Å². The number of anilines is 1. The minimum Gasteiger partial charge on any atom is -0.494 e. The van der Waals surface area contributed by atoms with E-state index in [1.54, 1.807) is 6.26 Å². The number of rotatable bonds is 7. The summed E-state index contributed by atoms with van der Waals surface area (Å²) in [4.78, 5) is 4.48. The monoisotopic (exact) mass is 324 g/mol. The van der Waals surface area contributed by atoms with Crippen molar-refractivity contribution < 1.29 is 14.3 Å². The summed E-state index contributed by atoms with van der Waals surface area (Å²) < 4.78 is 11.0. The van der Waals surface area contributed by atoms with Crippen LogP contribution < -0.4 is 10.1 Å². The minimum atomic E-state index is -0.0625. The molecule has 0 spiro atoms. The van der Waals surface area contributed by atoms with Gasteiger partial charge in [0.25, 0.3) is 0 Å². The second-order valence-corrected chi connectivity index (χ2v) is 5.28. The van der Waals surface area contributed by atoms with E-state index in [0.29, 0.717) is 24.8 Å². The molecule has 2 N–H and O–H groups in total. The fourth-order valence-corrected chi connectivity index (χ4v) is 2.40. The van der Waals surface area contributed by atoms with Gasteiger partial charge in [-0.15, -0.1) is 0 Å². The first-order valence-electron chi connectivity index (χ1n) is 7.90. The first kappa shape index (κ1) is 16.1. The Balaban J connectivity index is 1.67. The molecule has 0 bridgehead atoms. The maximum atomic E-state index is 9.45. The quantitative estimate of drug-likeness (QED) is 0.691. The Morgan fingerprint density at radius 3 is 2.75 bits per heavy atom. The number of aliphatic hydroxyl groups excluding tert-OH is 1. The van der Waals surface area contributed by atoms with Crippen molar-refractivity contribution in [3.8, 4) is 17.2 Å². The highest BCUT2D eigenvalue weighted by Crippen LogP contribution is 2.24. The van der Waals surface area contributed by atoms with Crippen LogP contribution in [-0.4, -0.2) is 16.7 Å². The second-order valence-electron chi connectivity index (χ2n) is 5.28. The van der Waals surface area contributed by atoms with Gasteiger partial charge in [0.2, 0.25) is 5.89 Å². The standard InChI is InChI=1S/C19H20N2O3/c1-2-23-18-9-8-16(10-15(18)12-22)20-11-17-13-24-19(21-17)14-6-4-3-5-7-14/h3-10,13,20,22H,2,11-12H2,1H3. The second kappa shape index (κ2) is 7.66. The highest BCUT2D eigenvalue weighted by atomic mass is 16.5. The van der Waals surface area contributed by atoms with Crippen molar-refractivity contribution in [2.75, 3.05) is 11.9 Å². The molecule has 0 fully saturated rings. The molecule has 0 amide bonds. The van der Waals surface area contributed by atoms with E-state index in [1.807, 2.05) is 55.5 Å². The molecular formula is C19H20N2O3. The van der Waals surface area contributed by atoms with Crippen LogP contribution in [0.3, 0.4) is 0 Å². The molecule has 0 saturated heterocycles. The van der Waals surface area contributed by atoms with Gasteiger partial charge in [-0.1, -0.05) is 18.2 Å². The molecule has 24 heavy (non-hydrogen) atoms. The van der Waals surface area contributed by atoms with Crippen LogP contribution in [0.5, 0.6) is 5.75 Å². The smallest absolute Gasteiger partial charge is 0.226 e. The first-order valence-corrected chi connectivity index (χ1v) is 7.90. The third kappa shape index (κ3) is 3.75. The molecule has 5 heteroatoms. The Hall–Kier alpha value is -2.79. The largest absolute Gasteiger partial charge is 0.494 e. The predicted molar refractivity (Wildman–Crippen MR) is 92.8 cm³/mol. The Morgan fingerprint density at radius 1 is 1.17 bits per heavy atom. The van der Waals surface area contributed by atoms with Crippen molar-refractivity contribution in [2.45, 2.75) is 20.1 Å². The molecular weight excluding hydrogens is 304 g/mol. The van der Waals surface area contributed by atoms with E-state index in [9.17, 15) is 5.11 Å². The number of oxazole rings is 1. The lowest BCUT2D eigenvalue weighted by Gasteiger charge is -2.11. The van der Waals surface area contributed by atoms with Crippen molar-refractivity contribution in [1.82, 2.24) is 4.98 Å². The van der Waals surface area contributed by atoms with Crippen molar-refractivity contribution >= 4 is 5.69 Å². The lowest BCUT2D eigenvalue weighted by atomic mass is 10.2. The number of benzene rings is 2. The Kier molecular flexibility index (Phi) is 5.13. The van der Waals surface area contributed by atoms with Crippen LogP contribution in [-0.2, 0) is 13.2 Å². The molecule has 0 aliphatic rings. The highest BCUT2D eigenvalue weighted by molar-refractivity contribution is 5.53. The lowest BCUT2D eigenvalue weighted by Crippen LogP contribution is -2.02. The van der Waals surface area contributed by atoms with Gasteiger partial charge in [-0.05, 0) is 37.3 Å². The number of ether oxygens (including phenoxy) is 1. The number of aliphatic hydroxyl groups is 1. The molecule has 0 radical (unpaired) electrons. The fraction of sp³-hybridized carbons (Fsp3) is 0.211. The zero-order valence-corrected chi connectivity index (χ0v) is 13.5. The Labute approximate surface area is 140 Å². The summed E-state index contributed by atoms with van der Waals surface area (Å²) in [6, 6.07) is 15.4. The highest BCUT2D eigenvalue weighted by Gasteiger charge is 2.07. The summed E-state index contributed by atoms with van der Waals surface area (Å²) in [6.45, 7) is 2.96. The van der Waals surface area contributed by atoms with Gasteiger partial charge < -0.3 is 19.6 Å². The summed E-state index contributed by atoms with van der Waals surface area (Å²) in [7, 11) is 0. The maximum absolute atomic E-state index is 9.45. The Morgan fingerprint density at radius 2 is 2.00 bits per heavy atom. The SMILES string of the molecule is CCOc1ccc(NCc2coc(-c3ccccc3)n2)cc1CO. The third-order valence-electron chi connectivity index (χ3n) is 3.58. The van der Waals surface area contributed by atoms with E-state index in [2.05, 4.69) is 10.3 Å². The van der Waals surface area contributed by atoms with E-state index in [0.717, 1.165) is 22.5 Å². The summed E-state index contributed by atoms with van der Waals surface area (Å²) >= 11 is 0. The lowest BCUT2D eigenvalue weighted by molar-refractivity contribution is 0.267. The van der Waals surface area contributed by atoms with Crippen LogP contribution in [0.25, 0.3) is 11.5 Å². The molecule has 1 heterocycles. The number of nitrogens with one attached hydrogen (secondary N) is 1. The van der Waals surface area contributed by atoms with E-state index >= 15 is 0 Å². The van der Waals surface area contributed by atoms with E-state index in [4.69, 9.17) is 9.15 Å². The predicted octanol–water partition coefficient (Wildman–Crippen LogP) is 3.84. The molecule has 0 unspecified atom stereocenters. The molecule has 2 aromatic carbocycles. The average Bonchev–Trinajstić information content (AvgIpc) is 3.11. The summed E-state index contributed by atoms with van der Waals surface area (Å²) in [5.74, 6) is 1.31. The third-order valence-corrected chi connectivity index (χ3v) is 3.58. The molecule has 3 aromatic rings. The first-order chi connectivity index (χ1) is 11.8. The summed E-state index contributed by atoms with van der Waals surface area (Å²) in [6.07, 6.45) is 1.65. The van der Waals surface area contributed by atoms with E-state index in [1.165, 1.54) is 0 Å². The molecule has 124 valence electrons. The molecule has 0 saturated carbocycles. The van der Waals surface area contributed by atoms with E-state index in [-0.39, 0.29) is 6.61 Å². The van der Waals surface area contributed by atoms with E-state index < -0.39 is 0 Å². The molecule has 1 aromatic heterocycles. The van der Waals surface area contributed by atoms with Gasteiger partial charge in [-0.3, -0.25) is 0 Å². The molecule has 3 rings (SSSR count). The maximum Gasteiger partial charge on any atom is 0.226 e. The topological polar surface area (TPSA) is 67.5 Å². The van der Waals surface area contributed by atoms with Gasteiger partial charge in [-0.25, -0.2) is 4.98 Å². The van der Waals surface area contributed by atoms with Crippen LogP contribution in [0.1, 0.15) is 18.2 Å². The average molecular weight is 324 g/mol. The molecule has 0 aliphatic heterocycles. The molecule has 5 nitrogen and oxygen atoms in total. The van der Waals surface area contributed by atoms with Gasteiger partial charge in [0.15, 0.2) is 0 Å². The number of hydrogen-bond donors (Lipinski definition) is 2. The fourth-order valence-electron chi connectivity index (χ4n) is 2.40. The minimum absolute atomic E-state index is 0.0625. The number of aromatic nitrogens is 1. The zero-order chi connectivity index (χ0) is 16.8. The summed E-state index contributed by atoms with van der Waals surface area (Å²) in [5.41, 5.74) is 3.42. The molecule has 0 atom stereocenters. The van der Waals surface area contributed by atoms with Crippen molar-refractivity contribution in [3.63, 3.8) is 0 Å². The van der Waals surface area contributed by atoms with Crippen LogP contribution in [0, 0.1) is 0 Å². The van der Waals surface area contributed by atoms with Gasteiger partial charge in [-0.2, -0.15) is 0 Å².